The van der Waals surface area contributed by atoms with E-state index in [1.54, 1.807) is 14.2 Å². The van der Waals surface area contributed by atoms with Crippen molar-refractivity contribution in [3.8, 4) is 17.1 Å². The number of oxazole rings is 1. The number of rotatable bonds is 3. The zero-order valence-corrected chi connectivity index (χ0v) is 11.5. The summed E-state index contributed by atoms with van der Waals surface area (Å²) in [4.78, 5) is 4.26. The molecule has 17 heavy (non-hydrogen) atoms. The van der Waals surface area contributed by atoms with Gasteiger partial charge in [0, 0.05) is 11.5 Å². The highest BCUT2D eigenvalue weighted by atomic mass is 79.9. The third-order valence-electron chi connectivity index (χ3n) is 2.42. The molecule has 0 saturated heterocycles. The van der Waals surface area contributed by atoms with Gasteiger partial charge < -0.3 is 14.5 Å². The summed E-state index contributed by atoms with van der Waals surface area (Å²) in [5.41, 5.74) is 1.71. The van der Waals surface area contributed by atoms with Crippen molar-refractivity contribution in [2.45, 2.75) is 6.92 Å². The van der Waals surface area contributed by atoms with Crippen molar-refractivity contribution in [1.82, 2.24) is 4.98 Å². The Hall–Kier alpha value is -1.49. The number of anilines is 1. The lowest BCUT2D eigenvalue weighted by molar-refractivity contribution is 0.414. The summed E-state index contributed by atoms with van der Waals surface area (Å²) in [5, 5.41) is 2.88. The average Bonchev–Trinajstić information content (AvgIpc) is 2.70. The van der Waals surface area contributed by atoms with Crippen LogP contribution in [0.1, 0.15) is 5.69 Å². The third-order valence-corrected chi connectivity index (χ3v) is 2.91. The number of aryl methyl sites for hydroxylation is 1. The van der Waals surface area contributed by atoms with Crippen LogP contribution in [-0.2, 0) is 0 Å². The molecule has 0 aliphatic carbocycles. The van der Waals surface area contributed by atoms with Crippen LogP contribution in [0, 0.1) is 6.92 Å². The standard InChI is InChI=1S/C12H13BrN2O2/c1-7-11(17-12(14-2)15-7)9-6-8(13)4-5-10(9)16-3/h4-6H,1-3H3,(H,14,15). The monoisotopic (exact) mass is 296 g/mol. The summed E-state index contributed by atoms with van der Waals surface area (Å²) in [5.74, 6) is 1.47. The zero-order chi connectivity index (χ0) is 12.4. The van der Waals surface area contributed by atoms with Crippen LogP contribution >= 0.6 is 15.9 Å². The molecule has 1 aromatic carbocycles. The van der Waals surface area contributed by atoms with Gasteiger partial charge in [-0.2, -0.15) is 4.98 Å². The minimum absolute atomic E-state index is 0.500. The van der Waals surface area contributed by atoms with E-state index in [1.807, 2.05) is 25.1 Å². The molecule has 1 aromatic heterocycles. The SMILES string of the molecule is CNc1nc(C)c(-c2cc(Br)ccc2OC)o1. The fourth-order valence-electron chi connectivity index (χ4n) is 1.61. The highest BCUT2D eigenvalue weighted by molar-refractivity contribution is 9.10. The van der Waals surface area contributed by atoms with E-state index >= 15 is 0 Å². The van der Waals surface area contributed by atoms with Gasteiger partial charge in [0.05, 0.1) is 18.4 Å². The number of nitrogens with one attached hydrogen (secondary N) is 1. The van der Waals surface area contributed by atoms with Crippen LogP contribution in [0.3, 0.4) is 0 Å². The summed E-state index contributed by atoms with van der Waals surface area (Å²) in [6.07, 6.45) is 0. The van der Waals surface area contributed by atoms with E-state index in [2.05, 4.69) is 26.2 Å². The van der Waals surface area contributed by atoms with Crippen LogP contribution in [-0.4, -0.2) is 19.1 Å². The van der Waals surface area contributed by atoms with Crippen molar-refractivity contribution in [2.75, 3.05) is 19.5 Å². The minimum Gasteiger partial charge on any atom is -0.496 e. The molecule has 0 atom stereocenters. The Balaban J connectivity index is 2.58. The van der Waals surface area contributed by atoms with Crippen LogP contribution in [0.4, 0.5) is 6.01 Å². The number of ether oxygens (including phenoxy) is 1. The van der Waals surface area contributed by atoms with E-state index in [1.165, 1.54) is 0 Å². The van der Waals surface area contributed by atoms with Crippen molar-refractivity contribution in [2.24, 2.45) is 0 Å². The summed E-state index contributed by atoms with van der Waals surface area (Å²) in [6, 6.07) is 6.26. The number of nitrogens with zero attached hydrogens (tertiary/aromatic N) is 1. The molecule has 0 spiro atoms. The zero-order valence-electron chi connectivity index (χ0n) is 9.87. The molecule has 5 heteroatoms. The molecule has 1 heterocycles. The maximum atomic E-state index is 5.62. The molecule has 0 radical (unpaired) electrons. The van der Waals surface area contributed by atoms with Crippen molar-refractivity contribution >= 4 is 21.9 Å². The van der Waals surface area contributed by atoms with Gasteiger partial charge in [-0.1, -0.05) is 15.9 Å². The number of aromatic nitrogens is 1. The Bertz CT molecular complexity index is 537. The van der Waals surface area contributed by atoms with Crippen molar-refractivity contribution in [3.05, 3.63) is 28.4 Å². The topological polar surface area (TPSA) is 47.3 Å². The highest BCUT2D eigenvalue weighted by Gasteiger charge is 2.15. The first-order valence-corrected chi connectivity index (χ1v) is 5.94. The van der Waals surface area contributed by atoms with E-state index < -0.39 is 0 Å². The summed E-state index contributed by atoms with van der Waals surface area (Å²) in [6.45, 7) is 1.90. The van der Waals surface area contributed by atoms with Gasteiger partial charge in [-0.3, -0.25) is 0 Å². The van der Waals surface area contributed by atoms with Crippen LogP contribution in [0.25, 0.3) is 11.3 Å². The predicted octanol–water partition coefficient (Wildman–Crippen LogP) is 3.46. The second kappa shape index (κ2) is 4.79. The van der Waals surface area contributed by atoms with Gasteiger partial charge >= 0.3 is 0 Å². The quantitative estimate of drug-likeness (QED) is 0.942. The molecule has 0 saturated carbocycles. The minimum atomic E-state index is 0.500. The molecule has 0 aliphatic rings. The Morgan fingerprint density at radius 3 is 2.76 bits per heavy atom. The first kappa shape index (κ1) is 12.0. The number of benzene rings is 1. The lowest BCUT2D eigenvalue weighted by Gasteiger charge is -2.06. The van der Waals surface area contributed by atoms with Crippen molar-refractivity contribution < 1.29 is 9.15 Å². The van der Waals surface area contributed by atoms with Gasteiger partial charge in [-0.25, -0.2) is 0 Å². The Morgan fingerprint density at radius 1 is 1.41 bits per heavy atom. The van der Waals surface area contributed by atoms with Gasteiger partial charge in [-0.15, -0.1) is 0 Å². The maximum Gasteiger partial charge on any atom is 0.295 e. The van der Waals surface area contributed by atoms with Gasteiger partial charge in [0.1, 0.15) is 5.75 Å². The molecule has 0 fully saturated rings. The van der Waals surface area contributed by atoms with Crippen LogP contribution < -0.4 is 10.1 Å². The fourth-order valence-corrected chi connectivity index (χ4v) is 1.97. The molecular weight excluding hydrogens is 284 g/mol. The number of hydrogen-bond donors (Lipinski definition) is 1. The number of methoxy groups -OCH3 is 1. The Labute approximate surface area is 108 Å². The molecular formula is C12H13BrN2O2. The van der Waals surface area contributed by atoms with E-state index in [4.69, 9.17) is 9.15 Å². The number of halogens is 1. The molecule has 0 aliphatic heterocycles. The largest absolute Gasteiger partial charge is 0.496 e. The van der Waals surface area contributed by atoms with E-state index in [0.29, 0.717) is 11.8 Å². The van der Waals surface area contributed by atoms with Crippen LogP contribution in [0.15, 0.2) is 27.1 Å². The molecule has 0 unspecified atom stereocenters. The second-order valence-electron chi connectivity index (χ2n) is 3.53. The van der Waals surface area contributed by atoms with E-state index in [0.717, 1.165) is 21.5 Å². The first-order chi connectivity index (χ1) is 8.15. The molecule has 4 nitrogen and oxygen atoms in total. The van der Waals surface area contributed by atoms with Gasteiger partial charge in [-0.05, 0) is 25.1 Å². The lowest BCUT2D eigenvalue weighted by Crippen LogP contribution is -1.88. The van der Waals surface area contributed by atoms with E-state index in [9.17, 15) is 0 Å². The summed E-state index contributed by atoms with van der Waals surface area (Å²) in [7, 11) is 3.41. The molecule has 2 rings (SSSR count). The molecule has 2 aromatic rings. The molecule has 90 valence electrons. The average molecular weight is 297 g/mol. The molecule has 0 amide bonds. The van der Waals surface area contributed by atoms with E-state index in [-0.39, 0.29) is 0 Å². The molecule has 0 bridgehead atoms. The lowest BCUT2D eigenvalue weighted by atomic mass is 10.1. The predicted molar refractivity (Wildman–Crippen MR) is 70.5 cm³/mol. The maximum absolute atomic E-state index is 5.62. The Morgan fingerprint density at radius 2 is 2.18 bits per heavy atom. The van der Waals surface area contributed by atoms with Gasteiger partial charge in [0.15, 0.2) is 5.76 Å². The Kier molecular flexibility index (Phi) is 3.38. The third kappa shape index (κ3) is 2.29. The second-order valence-corrected chi connectivity index (χ2v) is 4.44. The van der Waals surface area contributed by atoms with Crippen molar-refractivity contribution in [1.29, 1.82) is 0 Å². The normalized spacial score (nSPS) is 10.4. The van der Waals surface area contributed by atoms with Crippen LogP contribution in [0.5, 0.6) is 5.75 Å². The number of hydrogen-bond acceptors (Lipinski definition) is 4. The smallest absolute Gasteiger partial charge is 0.295 e. The van der Waals surface area contributed by atoms with Crippen LogP contribution in [0.2, 0.25) is 0 Å². The fraction of sp³-hybridized carbons (Fsp3) is 0.250. The molecule has 1 N–H and O–H groups in total. The van der Waals surface area contributed by atoms with Crippen molar-refractivity contribution in [3.63, 3.8) is 0 Å². The van der Waals surface area contributed by atoms with Gasteiger partial charge in [0.2, 0.25) is 0 Å². The first-order valence-electron chi connectivity index (χ1n) is 5.14. The summed E-state index contributed by atoms with van der Waals surface area (Å²) < 4.78 is 11.9. The highest BCUT2D eigenvalue weighted by Crippen LogP contribution is 2.35. The summed E-state index contributed by atoms with van der Waals surface area (Å²) >= 11 is 3.44. The van der Waals surface area contributed by atoms with Gasteiger partial charge in [0.25, 0.3) is 6.01 Å².